The van der Waals surface area contributed by atoms with E-state index in [1.165, 1.54) is 20.3 Å². The number of rotatable bonds is 5. The van der Waals surface area contributed by atoms with Crippen LogP contribution in [0.3, 0.4) is 0 Å². The van der Waals surface area contributed by atoms with Crippen LogP contribution in [0.1, 0.15) is 52.9 Å². The minimum Gasteiger partial charge on any atom is -0.465 e. The van der Waals surface area contributed by atoms with Crippen LogP contribution in [0.4, 0.5) is 4.79 Å². The first-order valence-corrected chi connectivity index (χ1v) is 11.3. The number of carbonyl (C=O) groups is 3. The lowest BCUT2D eigenvalue weighted by molar-refractivity contribution is 0.0520. The molecule has 1 N–H and O–H groups in total. The predicted molar refractivity (Wildman–Crippen MR) is 127 cm³/mol. The molecule has 2 rings (SSSR count). The summed E-state index contributed by atoms with van der Waals surface area (Å²) in [7, 11) is 2.56. The van der Waals surface area contributed by atoms with E-state index in [1.807, 2.05) is 0 Å². The number of hydrogen-bond acceptors (Lipinski definition) is 8. The molecule has 0 saturated heterocycles. The van der Waals surface area contributed by atoms with E-state index >= 15 is 0 Å². The van der Waals surface area contributed by atoms with Crippen LogP contribution in [0.25, 0.3) is 0 Å². The second-order valence-corrected chi connectivity index (χ2v) is 8.53. The van der Waals surface area contributed by atoms with Crippen molar-refractivity contribution in [2.24, 2.45) is 0 Å². The molecule has 9 nitrogen and oxygen atoms in total. The molecule has 2 aromatic heterocycles. The Bertz CT molecular complexity index is 998. The zero-order chi connectivity index (χ0) is 25.2. The first kappa shape index (κ1) is 28.6. The van der Waals surface area contributed by atoms with Gasteiger partial charge in [-0.25, -0.2) is 24.4 Å². The maximum Gasteiger partial charge on any atom is 0.407 e. The Labute approximate surface area is 210 Å². The molecule has 0 fully saturated rings. The number of pyridine rings is 2. The fourth-order valence-electron chi connectivity index (χ4n) is 2.12. The van der Waals surface area contributed by atoms with E-state index in [0.29, 0.717) is 11.0 Å². The molecule has 0 aliphatic carbocycles. The number of amides is 1. The molecule has 0 atom stereocenters. The van der Waals surface area contributed by atoms with Crippen LogP contribution in [0.15, 0.2) is 24.3 Å². The topological polar surface area (TPSA) is 117 Å². The number of hydrogen-bond donors (Lipinski definition) is 1. The number of ether oxygens (including phenoxy) is 3. The summed E-state index contributed by atoms with van der Waals surface area (Å²) in [4.78, 5) is 41.9. The van der Waals surface area contributed by atoms with Crippen LogP contribution in [0, 0.1) is 0 Å². The first-order valence-electron chi connectivity index (χ1n) is 9.42. The van der Waals surface area contributed by atoms with Gasteiger partial charge in [0.15, 0.2) is 0 Å². The highest BCUT2D eigenvalue weighted by Gasteiger charge is 2.17. The lowest BCUT2D eigenvalue weighted by Gasteiger charge is -2.19. The normalized spacial score (nSPS) is 10.4. The summed E-state index contributed by atoms with van der Waals surface area (Å²) in [6, 6.07) is 6.38. The van der Waals surface area contributed by atoms with Gasteiger partial charge in [-0.15, -0.1) is 0 Å². The molecule has 0 aliphatic heterocycles. The fourth-order valence-corrected chi connectivity index (χ4v) is 2.93. The van der Waals surface area contributed by atoms with Crippen LogP contribution in [-0.2, 0) is 26.1 Å². The van der Waals surface area contributed by atoms with E-state index in [4.69, 9.17) is 27.9 Å². The third-order valence-corrected chi connectivity index (χ3v) is 4.72. The maximum atomic E-state index is 11.5. The van der Waals surface area contributed by atoms with Crippen molar-refractivity contribution in [1.82, 2.24) is 15.3 Å². The second kappa shape index (κ2) is 13.3. The van der Waals surface area contributed by atoms with E-state index in [2.05, 4.69) is 40.7 Å². The summed E-state index contributed by atoms with van der Waals surface area (Å²) in [5, 5.41) is 3.35. The number of halogens is 3. The summed E-state index contributed by atoms with van der Waals surface area (Å²) >= 11 is 14.9. The summed E-state index contributed by atoms with van der Waals surface area (Å²) in [6.07, 6.45) is -0.549. The van der Waals surface area contributed by atoms with Crippen LogP contribution in [0.2, 0.25) is 10.3 Å². The lowest BCUT2D eigenvalue weighted by atomic mass is 10.2. The Morgan fingerprint density at radius 2 is 1.36 bits per heavy atom. The summed E-state index contributed by atoms with van der Waals surface area (Å²) in [5.41, 5.74) is 1.18. The predicted octanol–water partition coefficient (Wildman–Crippen LogP) is 4.96. The number of nitrogens with zero attached hydrogens (tertiary/aromatic N) is 2. The molecule has 12 heteroatoms. The minimum atomic E-state index is -0.566. The quantitative estimate of drug-likeness (QED) is 0.234. The highest BCUT2D eigenvalue weighted by molar-refractivity contribution is 9.08. The van der Waals surface area contributed by atoms with E-state index < -0.39 is 23.6 Å². The smallest absolute Gasteiger partial charge is 0.407 e. The number of alkyl carbamates (subject to hydrolysis) is 1. The van der Waals surface area contributed by atoms with Crippen molar-refractivity contribution in [3.63, 3.8) is 0 Å². The van der Waals surface area contributed by atoms with Gasteiger partial charge in [-0.3, -0.25) is 0 Å². The van der Waals surface area contributed by atoms with Gasteiger partial charge < -0.3 is 19.5 Å². The molecule has 0 aromatic carbocycles. The van der Waals surface area contributed by atoms with E-state index in [9.17, 15) is 14.4 Å². The number of esters is 2. The van der Waals surface area contributed by atoms with Crippen LogP contribution in [0.5, 0.6) is 0 Å². The summed E-state index contributed by atoms with van der Waals surface area (Å²) in [5.74, 6) is -1.03. The molecule has 1 amide bonds. The molecule has 0 unspecified atom stereocenters. The Balaban J connectivity index is 0.000000361. The van der Waals surface area contributed by atoms with Crippen molar-refractivity contribution in [2.45, 2.75) is 38.2 Å². The average molecular weight is 565 g/mol. The van der Waals surface area contributed by atoms with Gasteiger partial charge >= 0.3 is 18.0 Å². The van der Waals surface area contributed by atoms with Crippen molar-refractivity contribution in [3.8, 4) is 0 Å². The second-order valence-electron chi connectivity index (χ2n) is 7.25. The van der Waals surface area contributed by atoms with Gasteiger partial charge in [0.25, 0.3) is 0 Å². The summed E-state index contributed by atoms with van der Waals surface area (Å²) in [6.45, 7) is 5.46. The molecule has 0 radical (unpaired) electrons. The molecule has 2 heterocycles. The fraction of sp³-hybridized carbons (Fsp3) is 0.381. The van der Waals surface area contributed by atoms with Crippen molar-refractivity contribution in [1.29, 1.82) is 0 Å². The number of methoxy groups -OCH3 is 2. The van der Waals surface area contributed by atoms with E-state index in [0.717, 1.165) is 5.69 Å². The molecule has 0 bridgehead atoms. The average Bonchev–Trinajstić information content (AvgIpc) is 2.76. The minimum absolute atomic E-state index is 0.0281. The van der Waals surface area contributed by atoms with Gasteiger partial charge in [0.05, 0.1) is 43.3 Å². The van der Waals surface area contributed by atoms with Gasteiger partial charge in [-0.1, -0.05) is 39.1 Å². The Kier molecular flexibility index (Phi) is 11.5. The van der Waals surface area contributed by atoms with Crippen molar-refractivity contribution >= 4 is 57.2 Å². The van der Waals surface area contributed by atoms with Gasteiger partial charge in [0, 0.05) is 5.33 Å². The van der Waals surface area contributed by atoms with Crippen molar-refractivity contribution in [2.75, 3.05) is 14.2 Å². The monoisotopic (exact) mass is 563 g/mol. The molecule has 2 aromatic rings. The van der Waals surface area contributed by atoms with E-state index in [-0.39, 0.29) is 28.0 Å². The Morgan fingerprint density at radius 1 is 0.909 bits per heavy atom. The Morgan fingerprint density at radius 3 is 1.76 bits per heavy atom. The largest absolute Gasteiger partial charge is 0.465 e. The summed E-state index contributed by atoms with van der Waals surface area (Å²) < 4.78 is 14.2. The number of alkyl halides is 1. The molecule has 33 heavy (non-hydrogen) atoms. The first-order chi connectivity index (χ1) is 15.4. The SMILES string of the molecule is COC(=O)c1ccc(CBr)nc1Cl.COC(=O)c1ccc(CNC(=O)OC(C)(C)C)nc1Cl. The molecule has 180 valence electrons. The van der Waals surface area contributed by atoms with Gasteiger partial charge in [-0.2, -0.15) is 0 Å². The highest BCUT2D eigenvalue weighted by atomic mass is 79.9. The third kappa shape index (κ3) is 9.93. The Hall–Kier alpha value is -2.43. The lowest BCUT2D eigenvalue weighted by Crippen LogP contribution is -2.32. The zero-order valence-electron chi connectivity index (χ0n) is 18.7. The van der Waals surface area contributed by atoms with Gasteiger partial charge in [-0.05, 0) is 45.0 Å². The van der Waals surface area contributed by atoms with E-state index in [1.54, 1.807) is 39.0 Å². The highest BCUT2D eigenvalue weighted by Crippen LogP contribution is 2.16. The molecular weight excluding hydrogens is 541 g/mol. The van der Waals surface area contributed by atoms with Crippen molar-refractivity contribution < 1.29 is 28.6 Å². The molecular formula is C21H24BrCl2N3O6. The molecule has 0 spiro atoms. The van der Waals surface area contributed by atoms with Crippen molar-refractivity contribution in [3.05, 3.63) is 57.1 Å². The van der Waals surface area contributed by atoms with Crippen LogP contribution < -0.4 is 5.32 Å². The van der Waals surface area contributed by atoms with Gasteiger partial charge in [0.1, 0.15) is 15.9 Å². The third-order valence-electron chi connectivity index (χ3n) is 3.57. The maximum absolute atomic E-state index is 11.5. The van der Waals surface area contributed by atoms with Crippen LogP contribution >= 0.6 is 39.1 Å². The standard InChI is InChI=1S/C13H17ClN2O4.C8H7BrClNO2/c1-13(2,3)20-12(18)15-7-8-5-6-9(10(14)16-8)11(17)19-4;1-13-8(12)6-3-2-5(4-9)11-7(6)10/h5-6H,7H2,1-4H3,(H,15,18);2-3H,4H2,1H3. The number of carbonyl (C=O) groups excluding carboxylic acids is 3. The number of aromatic nitrogens is 2. The molecule has 0 saturated carbocycles. The van der Waals surface area contributed by atoms with Gasteiger partial charge in [0.2, 0.25) is 0 Å². The molecule has 0 aliphatic rings. The van der Waals surface area contributed by atoms with Crippen LogP contribution in [-0.4, -0.2) is 47.8 Å². The zero-order valence-corrected chi connectivity index (χ0v) is 21.8. The number of nitrogens with one attached hydrogen (secondary N) is 1.